The van der Waals surface area contributed by atoms with E-state index in [-0.39, 0.29) is 0 Å². The predicted molar refractivity (Wildman–Crippen MR) is 76.7 cm³/mol. The average Bonchev–Trinajstić information content (AvgIpc) is 2.95. The molecule has 2 aromatic heterocycles. The maximum atomic E-state index is 4.59. The van der Waals surface area contributed by atoms with Crippen molar-refractivity contribution in [1.82, 2.24) is 9.55 Å². The monoisotopic (exact) mass is 260 g/mol. The Morgan fingerprint density at radius 2 is 2.18 bits per heavy atom. The van der Waals surface area contributed by atoms with Gasteiger partial charge in [0.15, 0.2) is 0 Å². The fraction of sp³-hybridized carbons (Fsp3) is 0.154. The van der Waals surface area contributed by atoms with E-state index < -0.39 is 0 Å². The highest BCUT2D eigenvalue weighted by Crippen LogP contribution is 2.32. The molecule has 86 valence electrons. The van der Waals surface area contributed by atoms with E-state index in [1.807, 2.05) is 0 Å². The Morgan fingerprint density at radius 1 is 1.35 bits per heavy atom. The molecule has 0 atom stereocenters. The lowest BCUT2D eigenvalue weighted by Gasteiger charge is -1.93. The molecule has 0 radical (unpaired) electrons. The minimum atomic E-state index is 0.696. The van der Waals surface area contributed by atoms with Gasteiger partial charge < -0.3 is 4.57 Å². The van der Waals surface area contributed by atoms with E-state index >= 15 is 0 Å². The molecular formula is C13H12N2S2. The molecule has 0 fully saturated rings. The van der Waals surface area contributed by atoms with Crippen molar-refractivity contribution in [3.05, 3.63) is 41.5 Å². The third kappa shape index (κ3) is 1.77. The van der Waals surface area contributed by atoms with Crippen LogP contribution in [0, 0.1) is 0 Å². The van der Waals surface area contributed by atoms with Crippen molar-refractivity contribution in [2.75, 3.05) is 0 Å². The van der Waals surface area contributed by atoms with Crippen molar-refractivity contribution in [1.29, 1.82) is 0 Å². The van der Waals surface area contributed by atoms with Gasteiger partial charge in [0, 0.05) is 40.8 Å². The third-order valence-electron chi connectivity index (χ3n) is 2.84. The average molecular weight is 260 g/mol. The van der Waals surface area contributed by atoms with Gasteiger partial charge in [-0.1, -0.05) is 18.2 Å². The number of rotatable bonds is 2. The van der Waals surface area contributed by atoms with Crippen LogP contribution in [0.2, 0.25) is 0 Å². The second kappa shape index (κ2) is 4.20. The fourth-order valence-electron chi connectivity index (χ4n) is 2.02. The summed E-state index contributed by atoms with van der Waals surface area (Å²) in [6, 6.07) is 8.41. The Kier molecular flexibility index (Phi) is 2.68. The molecule has 0 aliphatic heterocycles. The van der Waals surface area contributed by atoms with Gasteiger partial charge in [-0.25, -0.2) is 4.98 Å². The van der Waals surface area contributed by atoms with E-state index in [2.05, 4.69) is 65.1 Å². The molecule has 0 N–H and O–H groups in total. The van der Waals surface area contributed by atoms with Crippen LogP contribution in [0.1, 0.15) is 5.69 Å². The van der Waals surface area contributed by atoms with Crippen LogP contribution in [-0.4, -0.2) is 9.55 Å². The molecule has 17 heavy (non-hydrogen) atoms. The third-order valence-corrected chi connectivity index (χ3v) is 4.09. The first kappa shape index (κ1) is 10.9. The highest BCUT2D eigenvalue weighted by Gasteiger charge is 2.11. The summed E-state index contributed by atoms with van der Waals surface area (Å²) in [6.07, 6.45) is 2.14. The van der Waals surface area contributed by atoms with E-state index in [9.17, 15) is 0 Å². The standard InChI is InChI=1S/C13H12N2S2/c1-15-6-11(10-4-2-3-5-12(10)15)13-14-9(7-16)8-17-13/h2-6,8,16H,7H2,1H3. The van der Waals surface area contributed by atoms with Crippen LogP contribution in [0.25, 0.3) is 21.5 Å². The summed E-state index contributed by atoms with van der Waals surface area (Å²) in [5.74, 6) is 0.696. The number of fused-ring (bicyclic) bond motifs is 1. The molecule has 2 heterocycles. The second-order valence-electron chi connectivity index (χ2n) is 3.97. The van der Waals surface area contributed by atoms with Gasteiger partial charge in [0.25, 0.3) is 0 Å². The van der Waals surface area contributed by atoms with Gasteiger partial charge in [-0.3, -0.25) is 0 Å². The number of aryl methyl sites for hydroxylation is 1. The van der Waals surface area contributed by atoms with Gasteiger partial charge >= 0.3 is 0 Å². The van der Waals surface area contributed by atoms with E-state index in [1.54, 1.807) is 11.3 Å². The summed E-state index contributed by atoms with van der Waals surface area (Å²) in [5.41, 5.74) is 3.49. The second-order valence-corrected chi connectivity index (χ2v) is 5.15. The van der Waals surface area contributed by atoms with Crippen molar-refractivity contribution in [2.45, 2.75) is 5.75 Å². The summed E-state index contributed by atoms with van der Waals surface area (Å²) in [4.78, 5) is 4.59. The Hall–Kier alpha value is -1.26. The quantitative estimate of drug-likeness (QED) is 0.695. The molecule has 3 rings (SSSR count). The number of thiol groups is 1. The Balaban J connectivity index is 2.23. The van der Waals surface area contributed by atoms with Crippen LogP contribution in [0.15, 0.2) is 35.8 Å². The molecule has 0 unspecified atom stereocenters. The molecule has 1 aromatic carbocycles. The number of para-hydroxylation sites is 1. The van der Waals surface area contributed by atoms with Gasteiger partial charge in [-0.15, -0.1) is 11.3 Å². The molecule has 0 bridgehead atoms. The summed E-state index contributed by atoms with van der Waals surface area (Å²) in [5, 5.41) is 4.41. The smallest absolute Gasteiger partial charge is 0.125 e. The van der Waals surface area contributed by atoms with Gasteiger partial charge in [0.2, 0.25) is 0 Å². The fourth-order valence-corrected chi connectivity index (χ4v) is 3.14. The normalized spacial score (nSPS) is 11.2. The zero-order valence-corrected chi connectivity index (χ0v) is 11.1. The first-order valence-electron chi connectivity index (χ1n) is 5.39. The van der Waals surface area contributed by atoms with Crippen LogP contribution < -0.4 is 0 Å². The lowest BCUT2D eigenvalue weighted by Crippen LogP contribution is -1.81. The van der Waals surface area contributed by atoms with Crippen LogP contribution in [0.3, 0.4) is 0 Å². The molecule has 3 aromatic rings. The predicted octanol–water partition coefficient (Wildman–Crippen LogP) is 3.73. The molecule has 0 spiro atoms. The topological polar surface area (TPSA) is 17.8 Å². The van der Waals surface area contributed by atoms with Crippen molar-refractivity contribution in [2.24, 2.45) is 7.05 Å². The molecule has 2 nitrogen and oxygen atoms in total. The van der Waals surface area contributed by atoms with E-state index in [0.717, 1.165) is 10.7 Å². The number of aromatic nitrogens is 2. The van der Waals surface area contributed by atoms with Crippen molar-refractivity contribution in [3.63, 3.8) is 0 Å². The zero-order valence-electron chi connectivity index (χ0n) is 9.42. The van der Waals surface area contributed by atoms with Crippen LogP contribution in [0.4, 0.5) is 0 Å². The van der Waals surface area contributed by atoms with Gasteiger partial charge in [-0.2, -0.15) is 12.6 Å². The van der Waals surface area contributed by atoms with E-state index in [4.69, 9.17) is 0 Å². The maximum absolute atomic E-state index is 4.59. The zero-order chi connectivity index (χ0) is 11.8. The molecule has 0 amide bonds. The number of thiazole rings is 1. The van der Waals surface area contributed by atoms with Crippen molar-refractivity contribution >= 4 is 34.9 Å². The van der Waals surface area contributed by atoms with E-state index in [0.29, 0.717) is 5.75 Å². The first-order chi connectivity index (χ1) is 8.29. The van der Waals surface area contributed by atoms with Gasteiger partial charge in [0.05, 0.1) is 5.69 Å². The summed E-state index contributed by atoms with van der Waals surface area (Å²) in [6.45, 7) is 0. The minimum absolute atomic E-state index is 0.696. The lowest BCUT2D eigenvalue weighted by molar-refractivity contribution is 0.970. The van der Waals surface area contributed by atoms with Crippen LogP contribution in [0.5, 0.6) is 0 Å². The maximum Gasteiger partial charge on any atom is 0.125 e. The van der Waals surface area contributed by atoms with Crippen molar-refractivity contribution in [3.8, 4) is 10.6 Å². The Morgan fingerprint density at radius 3 is 2.94 bits per heavy atom. The van der Waals surface area contributed by atoms with E-state index in [1.165, 1.54) is 16.5 Å². The molecule has 0 saturated heterocycles. The number of benzene rings is 1. The largest absolute Gasteiger partial charge is 0.350 e. The molecule has 0 aliphatic rings. The SMILES string of the molecule is Cn1cc(-c2nc(CS)cs2)c2ccccc21. The Labute approximate surface area is 109 Å². The highest BCUT2D eigenvalue weighted by atomic mass is 32.1. The number of nitrogens with zero attached hydrogens (tertiary/aromatic N) is 2. The van der Waals surface area contributed by atoms with Crippen LogP contribution >= 0.6 is 24.0 Å². The summed E-state index contributed by atoms with van der Waals surface area (Å²) >= 11 is 5.94. The Bertz CT molecular complexity index is 667. The first-order valence-corrected chi connectivity index (χ1v) is 6.90. The summed E-state index contributed by atoms with van der Waals surface area (Å²) in [7, 11) is 2.07. The lowest BCUT2D eigenvalue weighted by atomic mass is 10.2. The number of hydrogen-bond donors (Lipinski definition) is 1. The molecular weight excluding hydrogens is 248 g/mol. The highest BCUT2D eigenvalue weighted by molar-refractivity contribution is 7.79. The number of hydrogen-bond acceptors (Lipinski definition) is 3. The van der Waals surface area contributed by atoms with Crippen molar-refractivity contribution < 1.29 is 0 Å². The molecule has 4 heteroatoms. The van der Waals surface area contributed by atoms with Crippen LogP contribution in [-0.2, 0) is 12.8 Å². The molecule has 0 saturated carbocycles. The molecule has 0 aliphatic carbocycles. The van der Waals surface area contributed by atoms with Gasteiger partial charge in [-0.05, 0) is 6.07 Å². The van der Waals surface area contributed by atoms with Gasteiger partial charge in [0.1, 0.15) is 5.01 Å². The summed E-state index contributed by atoms with van der Waals surface area (Å²) < 4.78 is 2.15. The minimum Gasteiger partial charge on any atom is -0.350 e.